The number of methoxy groups -OCH3 is 1. The lowest BCUT2D eigenvalue weighted by Crippen LogP contribution is -2.28. The molecule has 8 heteroatoms. The van der Waals surface area contributed by atoms with Crippen LogP contribution in [0.1, 0.15) is 16.8 Å². The predicted molar refractivity (Wildman–Crippen MR) is 82.7 cm³/mol. The van der Waals surface area contributed by atoms with Gasteiger partial charge in [-0.3, -0.25) is 9.59 Å². The minimum atomic E-state index is -0.957. The minimum absolute atomic E-state index is 0.00503. The van der Waals surface area contributed by atoms with Gasteiger partial charge in [-0.05, 0) is 18.2 Å². The molecule has 1 heterocycles. The van der Waals surface area contributed by atoms with Crippen LogP contribution >= 0.6 is 0 Å². The molecule has 126 valence electrons. The fourth-order valence-corrected chi connectivity index (χ4v) is 1.86. The topological polar surface area (TPSA) is 80.3 Å². The van der Waals surface area contributed by atoms with Crippen LogP contribution in [0.15, 0.2) is 36.5 Å². The summed E-state index contributed by atoms with van der Waals surface area (Å²) in [6, 6.07) is 5.87. The molecule has 2 aromatic rings. The third-order valence-corrected chi connectivity index (χ3v) is 3.04. The Morgan fingerprint density at radius 3 is 2.62 bits per heavy atom. The number of anilines is 1. The van der Waals surface area contributed by atoms with Crippen molar-refractivity contribution >= 4 is 17.5 Å². The molecule has 0 aliphatic carbocycles. The summed E-state index contributed by atoms with van der Waals surface area (Å²) in [6.45, 7) is 0.00503. The van der Waals surface area contributed by atoms with Crippen molar-refractivity contribution in [1.29, 1.82) is 0 Å². The molecule has 0 atom stereocenters. The van der Waals surface area contributed by atoms with Crippen LogP contribution in [0.4, 0.5) is 14.5 Å². The highest BCUT2D eigenvalue weighted by molar-refractivity contribution is 5.95. The van der Waals surface area contributed by atoms with E-state index >= 15 is 0 Å². The van der Waals surface area contributed by atoms with Gasteiger partial charge in [-0.15, -0.1) is 0 Å². The Hall–Kier alpha value is -3.03. The minimum Gasteiger partial charge on any atom is -0.481 e. The number of carbonyl (C=O) groups is 2. The highest BCUT2D eigenvalue weighted by atomic mass is 19.1. The van der Waals surface area contributed by atoms with Crippen LogP contribution in [0.2, 0.25) is 0 Å². The van der Waals surface area contributed by atoms with Crippen molar-refractivity contribution in [3.05, 3.63) is 53.7 Å². The SMILES string of the molecule is COc1ccc(NC(=O)CCNC(=O)c2ccc(F)cc2F)cn1. The Balaban J connectivity index is 1.80. The van der Waals surface area contributed by atoms with Crippen LogP contribution < -0.4 is 15.4 Å². The molecule has 24 heavy (non-hydrogen) atoms. The smallest absolute Gasteiger partial charge is 0.254 e. The van der Waals surface area contributed by atoms with Crippen molar-refractivity contribution in [3.8, 4) is 5.88 Å². The van der Waals surface area contributed by atoms with Crippen molar-refractivity contribution in [1.82, 2.24) is 10.3 Å². The predicted octanol–water partition coefficient (Wildman–Crippen LogP) is 2.13. The summed E-state index contributed by atoms with van der Waals surface area (Å²) in [6.07, 6.45) is 1.42. The summed E-state index contributed by atoms with van der Waals surface area (Å²) in [5, 5.41) is 4.99. The number of nitrogens with one attached hydrogen (secondary N) is 2. The summed E-state index contributed by atoms with van der Waals surface area (Å²) in [5.74, 6) is -2.37. The van der Waals surface area contributed by atoms with Crippen LogP contribution in [0.3, 0.4) is 0 Å². The summed E-state index contributed by atoms with van der Waals surface area (Å²) < 4.78 is 31.1. The third-order valence-electron chi connectivity index (χ3n) is 3.04. The average Bonchev–Trinajstić information content (AvgIpc) is 2.55. The number of ether oxygens (including phenoxy) is 1. The van der Waals surface area contributed by atoms with Crippen LogP contribution in [0, 0.1) is 11.6 Å². The van der Waals surface area contributed by atoms with Crippen LogP contribution in [-0.4, -0.2) is 30.5 Å². The monoisotopic (exact) mass is 335 g/mol. The van der Waals surface area contributed by atoms with Gasteiger partial charge in [-0.2, -0.15) is 0 Å². The Kier molecular flexibility index (Phi) is 5.78. The van der Waals surface area contributed by atoms with Gasteiger partial charge in [0.15, 0.2) is 0 Å². The Bertz CT molecular complexity index is 736. The molecule has 0 aliphatic rings. The molecule has 2 rings (SSSR count). The maximum atomic E-state index is 13.4. The molecule has 0 saturated carbocycles. The summed E-state index contributed by atoms with van der Waals surface area (Å²) in [4.78, 5) is 27.4. The van der Waals surface area contributed by atoms with E-state index in [2.05, 4.69) is 15.6 Å². The van der Waals surface area contributed by atoms with E-state index in [1.165, 1.54) is 13.3 Å². The molecule has 0 fully saturated rings. The van der Waals surface area contributed by atoms with E-state index in [1.54, 1.807) is 12.1 Å². The van der Waals surface area contributed by atoms with E-state index in [0.717, 1.165) is 12.1 Å². The van der Waals surface area contributed by atoms with E-state index < -0.39 is 17.5 Å². The molecule has 2 N–H and O–H groups in total. The molecular formula is C16H15F2N3O3. The zero-order valence-corrected chi connectivity index (χ0v) is 12.8. The summed E-state index contributed by atoms with van der Waals surface area (Å²) >= 11 is 0. The van der Waals surface area contributed by atoms with Gasteiger partial charge in [-0.1, -0.05) is 0 Å². The second kappa shape index (κ2) is 8.00. The van der Waals surface area contributed by atoms with Crippen LogP contribution in [0.25, 0.3) is 0 Å². The molecule has 0 spiro atoms. The van der Waals surface area contributed by atoms with Crippen LogP contribution in [0.5, 0.6) is 5.88 Å². The maximum absolute atomic E-state index is 13.4. The van der Waals surface area contributed by atoms with Crippen molar-refractivity contribution in [2.45, 2.75) is 6.42 Å². The van der Waals surface area contributed by atoms with Gasteiger partial charge in [-0.25, -0.2) is 13.8 Å². The van der Waals surface area contributed by atoms with Gasteiger partial charge in [0.05, 0.1) is 24.6 Å². The molecule has 2 amide bonds. The number of carbonyl (C=O) groups excluding carboxylic acids is 2. The molecule has 0 saturated heterocycles. The lowest BCUT2D eigenvalue weighted by Gasteiger charge is -2.07. The number of rotatable bonds is 6. The highest BCUT2D eigenvalue weighted by Crippen LogP contribution is 2.11. The second-order valence-corrected chi connectivity index (χ2v) is 4.77. The maximum Gasteiger partial charge on any atom is 0.254 e. The number of aromatic nitrogens is 1. The van der Waals surface area contributed by atoms with Gasteiger partial charge < -0.3 is 15.4 Å². The molecule has 0 radical (unpaired) electrons. The van der Waals surface area contributed by atoms with Gasteiger partial charge in [0.25, 0.3) is 5.91 Å². The fourth-order valence-electron chi connectivity index (χ4n) is 1.86. The zero-order chi connectivity index (χ0) is 17.5. The molecule has 6 nitrogen and oxygen atoms in total. The first-order chi connectivity index (χ1) is 11.5. The zero-order valence-electron chi connectivity index (χ0n) is 12.8. The first-order valence-corrected chi connectivity index (χ1v) is 7.02. The van der Waals surface area contributed by atoms with E-state index in [0.29, 0.717) is 17.6 Å². The first-order valence-electron chi connectivity index (χ1n) is 7.02. The molecule has 0 bridgehead atoms. The molecule has 1 aromatic heterocycles. The average molecular weight is 335 g/mol. The van der Waals surface area contributed by atoms with E-state index in [-0.39, 0.29) is 24.4 Å². The van der Waals surface area contributed by atoms with Gasteiger partial charge in [0.1, 0.15) is 11.6 Å². The lowest BCUT2D eigenvalue weighted by atomic mass is 10.2. The number of hydrogen-bond donors (Lipinski definition) is 2. The van der Waals surface area contributed by atoms with Crippen LogP contribution in [-0.2, 0) is 4.79 Å². The van der Waals surface area contributed by atoms with Gasteiger partial charge >= 0.3 is 0 Å². The lowest BCUT2D eigenvalue weighted by molar-refractivity contribution is -0.116. The van der Waals surface area contributed by atoms with E-state index in [9.17, 15) is 18.4 Å². The van der Waals surface area contributed by atoms with Crippen molar-refractivity contribution in [3.63, 3.8) is 0 Å². The number of halogens is 2. The third kappa shape index (κ3) is 4.73. The number of benzene rings is 1. The number of amides is 2. The first kappa shape index (κ1) is 17.3. The standard InChI is InChI=1S/C16H15F2N3O3/c1-24-15-5-3-11(9-20-15)21-14(22)6-7-19-16(23)12-4-2-10(17)8-13(12)18/h2-5,8-9H,6-7H2,1H3,(H,19,23)(H,21,22). The normalized spacial score (nSPS) is 10.1. The summed E-state index contributed by atoms with van der Waals surface area (Å²) in [5.41, 5.74) is 0.202. The largest absolute Gasteiger partial charge is 0.481 e. The van der Waals surface area contributed by atoms with Gasteiger partial charge in [0.2, 0.25) is 11.8 Å². The van der Waals surface area contributed by atoms with E-state index in [4.69, 9.17) is 4.74 Å². The summed E-state index contributed by atoms with van der Waals surface area (Å²) in [7, 11) is 1.48. The fraction of sp³-hybridized carbons (Fsp3) is 0.188. The number of pyridine rings is 1. The molecule has 0 unspecified atom stereocenters. The Morgan fingerprint density at radius 1 is 1.21 bits per heavy atom. The van der Waals surface area contributed by atoms with Gasteiger partial charge in [0, 0.05) is 25.1 Å². The van der Waals surface area contributed by atoms with Crippen molar-refractivity contribution in [2.24, 2.45) is 0 Å². The van der Waals surface area contributed by atoms with E-state index in [1.807, 2.05) is 0 Å². The molecule has 1 aromatic carbocycles. The molecule has 0 aliphatic heterocycles. The molecular weight excluding hydrogens is 320 g/mol. The quantitative estimate of drug-likeness (QED) is 0.847. The Morgan fingerprint density at radius 2 is 2.00 bits per heavy atom. The highest BCUT2D eigenvalue weighted by Gasteiger charge is 2.12. The van der Waals surface area contributed by atoms with Crippen molar-refractivity contribution in [2.75, 3.05) is 19.0 Å². The second-order valence-electron chi connectivity index (χ2n) is 4.77. The van der Waals surface area contributed by atoms with Crippen molar-refractivity contribution < 1.29 is 23.1 Å². The number of nitrogens with zero attached hydrogens (tertiary/aromatic N) is 1. The Labute approximate surface area is 136 Å². The number of hydrogen-bond acceptors (Lipinski definition) is 4.